The monoisotopic (exact) mass is 563 g/mol. The minimum absolute atomic E-state index is 0.158. The number of piperidine rings is 1. The van der Waals surface area contributed by atoms with Crippen LogP contribution in [0.5, 0.6) is 5.75 Å². The first kappa shape index (κ1) is 27.1. The second-order valence-electron chi connectivity index (χ2n) is 9.63. The van der Waals surface area contributed by atoms with Crippen molar-refractivity contribution in [2.24, 2.45) is 0 Å². The largest absolute Gasteiger partial charge is 0.573 e. The quantitative estimate of drug-likeness (QED) is 0.259. The van der Waals surface area contributed by atoms with Crippen LogP contribution in [0.4, 0.5) is 27.6 Å². The lowest BCUT2D eigenvalue weighted by atomic mass is 9.74. The van der Waals surface area contributed by atoms with Gasteiger partial charge in [0.25, 0.3) is 5.91 Å². The number of hydrogen-bond acceptors (Lipinski definition) is 4. The molecule has 0 atom stereocenters. The molecular formula is C28H23ClF5N3O2. The number of halogens is 6. The number of amides is 1. The summed E-state index contributed by atoms with van der Waals surface area (Å²) in [6.45, 7) is 2.00. The average Bonchev–Trinajstić information content (AvgIpc) is 3.18. The molecule has 1 fully saturated rings. The molecule has 0 aliphatic carbocycles. The molecule has 39 heavy (non-hydrogen) atoms. The van der Waals surface area contributed by atoms with E-state index in [2.05, 4.69) is 14.6 Å². The van der Waals surface area contributed by atoms with Gasteiger partial charge in [0, 0.05) is 47.6 Å². The SMILES string of the molecule is O=C(c1ccnc(Cl)c1)N1CC2(CCN(CC=Cc3ccc(F)cc3F)CC2)c2cc(OC(F)(F)F)ccc21. The van der Waals surface area contributed by atoms with Crippen molar-refractivity contribution in [2.75, 3.05) is 31.1 Å². The smallest absolute Gasteiger partial charge is 0.406 e. The lowest BCUT2D eigenvalue weighted by Crippen LogP contribution is -2.46. The molecule has 1 amide bonds. The van der Waals surface area contributed by atoms with E-state index in [1.165, 1.54) is 42.6 Å². The van der Waals surface area contributed by atoms with Crippen molar-refractivity contribution >= 4 is 29.3 Å². The molecule has 3 aromatic rings. The summed E-state index contributed by atoms with van der Waals surface area (Å²) in [7, 11) is 0. The van der Waals surface area contributed by atoms with Crippen LogP contribution < -0.4 is 9.64 Å². The van der Waals surface area contributed by atoms with Crippen molar-refractivity contribution in [1.29, 1.82) is 0 Å². The van der Waals surface area contributed by atoms with E-state index in [9.17, 15) is 26.7 Å². The van der Waals surface area contributed by atoms with E-state index in [0.29, 0.717) is 55.8 Å². The standard InChI is InChI=1S/C28H23ClF5N3O2/c29-25-14-19(7-10-35-25)26(38)37-17-27(22-16-21(5-6-24(22)37)39-28(32,33)34)8-12-36(13-9-27)11-1-2-18-3-4-20(30)15-23(18)31/h1-7,10,14-16H,8-9,11-13,17H2. The molecular weight excluding hydrogens is 541 g/mol. The first-order valence-electron chi connectivity index (χ1n) is 12.2. The van der Waals surface area contributed by atoms with Crippen molar-refractivity contribution in [1.82, 2.24) is 9.88 Å². The maximum atomic E-state index is 13.9. The first-order chi connectivity index (χ1) is 18.5. The molecule has 0 radical (unpaired) electrons. The summed E-state index contributed by atoms with van der Waals surface area (Å²) in [5, 5.41) is 0.158. The second kappa shape index (κ2) is 10.6. The molecule has 1 saturated heterocycles. The molecule has 5 nitrogen and oxygen atoms in total. The predicted molar refractivity (Wildman–Crippen MR) is 137 cm³/mol. The maximum absolute atomic E-state index is 13.9. The Morgan fingerprint density at radius 2 is 1.85 bits per heavy atom. The molecule has 0 unspecified atom stereocenters. The zero-order valence-electron chi connectivity index (χ0n) is 20.5. The van der Waals surface area contributed by atoms with Crippen LogP contribution in [0.3, 0.4) is 0 Å². The number of pyridine rings is 1. The molecule has 11 heteroatoms. The fourth-order valence-corrected chi connectivity index (χ4v) is 5.45. The molecule has 2 aromatic carbocycles. The van der Waals surface area contributed by atoms with Crippen LogP contribution in [0.2, 0.25) is 5.15 Å². The van der Waals surface area contributed by atoms with Gasteiger partial charge in [-0.3, -0.25) is 9.69 Å². The minimum Gasteiger partial charge on any atom is -0.406 e. The number of hydrogen-bond donors (Lipinski definition) is 0. The van der Waals surface area contributed by atoms with Gasteiger partial charge in [-0.05, 0) is 74.0 Å². The lowest BCUT2D eigenvalue weighted by molar-refractivity contribution is -0.274. The summed E-state index contributed by atoms with van der Waals surface area (Å²) in [6.07, 6.45) is 1.11. The van der Waals surface area contributed by atoms with Crippen LogP contribution in [0.25, 0.3) is 6.08 Å². The number of rotatable bonds is 5. The van der Waals surface area contributed by atoms with Gasteiger partial charge in [-0.1, -0.05) is 23.8 Å². The maximum Gasteiger partial charge on any atom is 0.573 e. The highest BCUT2D eigenvalue weighted by Gasteiger charge is 2.47. The minimum atomic E-state index is -4.84. The zero-order chi connectivity index (χ0) is 27.8. The van der Waals surface area contributed by atoms with E-state index >= 15 is 0 Å². The van der Waals surface area contributed by atoms with Gasteiger partial charge in [-0.2, -0.15) is 0 Å². The number of carbonyl (C=O) groups excluding carboxylic acids is 1. The Morgan fingerprint density at radius 3 is 2.54 bits per heavy atom. The molecule has 0 saturated carbocycles. The van der Waals surface area contributed by atoms with Crippen LogP contribution in [0, 0.1) is 11.6 Å². The number of nitrogens with zero attached hydrogens (tertiary/aromatic N) is 3. The van der Waals surface area contributed by atoms with E-state index in [1.807, 2.05) is 0 Å². The zero-order valence-corrected chi connectivity index (χ0v) is 21.3. The normalized spacial score (nSPS) is 17.1. The van der Waals surface area contributed by atoms with Crippen LogP contribution in [-0.2, 0) is 5.41 Å². The number of ether oxygens (including phenoxy) is 1. The van der Waals surface area contributed by atoms with Gasteiger partial charge in [-0.25, -0.2) is 13.8 Å². The Labute approximate surface area is 226 Å². The fraction of sp³-hybridized carbons (Fsp3) is 0.286. The number of carbonyl (C=O) groups is 1. The van der Waals surface area contributed by atoms with Gasteiger partial charge in [0.05, 0.1) is 0 Å². The van der Waals surface area contributed by atoms with Crippen LogP contribution in [0.15, 0.2) is 60.8 Å². The van der Waals surface area contributed by atoms with Gasteiger partial charge in [0.1, 0.15) is 22.5 Å². The summed E-state index contributed by atoms with van der Waals surface area (Å²) in [6, 6.07) is 10.4. The highest BCUT2D eigenvalue weighted by molar-refractivity contribution is 6.29. The summed E-state index contributed by atoms with van der Waals surface area (Å²) >= 11 is 5.98. The Kier molecular flexibility index (Phi) is 7.35. The van der Waals surface area contributed by atoms with E-state index in [0.717, 1.165) is 6.07 Å². The fourth-order valence-electron chi connectivity index (χ4n) is 5.27. The van der Waals surface area contributed by atoms with Crippen LogP contribution in [-0.4, -0.2) is 48.3 Å². The Bertz CT molecular complexity index is 1420. The van der Waals surface area contributed by atoms with Crippen molar-refractivity contribution in [2.45, 2.75) is 24.6 Å². The van der Waals surface area contributed by atoms with Crippen molar-refractivity contribution in [3.8, 4) is 5.75 Å². The summed E-state index contributed by atoms with van der Waals surface area (Å²) in [4.78, 5) is 21.1. The molecule has 3 heterocycles. The first-order valence-corrected chi connectivity index (χ1v) is 12.6. The van der Waals surface area contributed by atoms with Crippen molar-refractivity contribution in [3.63, 3.8) is 0 Å². The summed E-state index contributed by atoms with van der Waals surface area (Å²) < 4.78 is 70.1. The van der Waals surface area contributed by atoms with E-state index < -0.39 is 23.4 Å². The molecule has 1 spiro atoms. The van der Waals surface area contributed by atoms with E-state index in [1.54, 1.807) is 23.1 Å². The summed E-state index contributed by atoms with van der Waals surface area (Å²) in [5.74, 6) is -1.96. The van der Waals surface area contributed by atoms with Gasteiger partial charge < -0.3 is 9.64 Å². The molecule has 2 aliphatic heterocycles. The van der Waals surface area contributed by atoms with Crippen LogP contribution in [0.1, 0.15) is 34.3 Å². The highest BCUT2D eigenvalue weighted by Crippen LogP contribution is 2.49. The second-order valence-corrected chi connectivity index (χ2v) is 10.0. The molecule has 5 rings (SSSR count). The third kappa shape index (κ3) is 5.91. The number of benzene rings is 2. The number of alkyl halides is 3. The van der Waals surface area contributed by atoms with Gasteiger partial charge >= 0.3 is 6.36 Å². The number of fused-ring (bicyclic) bond motifs is 2. The van der Waals surface area contributed by atoms with Gasteiger partial charge in [0.2, 0.25) is 0 Å². The summed E-state index contributed by atoms with van der Waals surface area (Å²) in [5.41, 5.74) is 1.18. The lowest BCUT2D eigenvalue weighted by Gasteiger charge is -2.39. The third-order valence-corrected chi connectivity index (χ3v) is 7.39. The van der Waals surface area contributed by atoms with Crippen molar-refractivity contribution < 1.29 is 31.5 Å². The molecule has 1 aromatic heterocycles. The number of anilines is 1. The van der Waals surface area contributed by atoms with Gasteiger partial charge in [-0.15, -0.1) is 13.2 Å². The Morgan fingerprint density at radius 1 is 1.08 bits per heavy atom. The molecule has 0 bridgehead atoms. The Hall–Kier alpha value is -3.50. The van der Waals surface area contributed by atoms with E-state index in [-0.39, 0.29) is 22.4 Å². The topological polar surface area (TPSA) is 45.7 Å². The highest BCUT2D eigenvalue weighted by atomic mass is 35.5. The third-order valence-electron chi connectivity index (χ3n) is 7.18. The molecule has 2 aliphatic rings. The average molecular weight is 564 g/mol. The van der Waals surface area contributed by atoms with E-state index in [4.69, 9.17) is 11.6 Å². The van der Waals surface area contributed by atoms with Crippen LogP contribution >= 0.6 is 11.6 Å². The predicted octanol–water partition coefficient (Wildman–Crippen LogP) is 6.62. The number of aromatic nitrogens is 1. The number of likely N-dealkylation sites (tertiary alicyclic amines) is 1. The van der Waals surface area contributed by atoms with Crippen molar-refractivity contribution in [3.05, 3.63) is 94.3 Å². The van der Waals surface area contributed by atoms with Gasteiger partial charge in [0.15, 0.2) is 0 Å². The molecule has 0 N–H and O–H groups in total. The molecule has 204 valence electrons. The Balaban J connectivity index is 1.36.